The third kappa shape index (κ3) is 2.26. The van der Waals surface area contributed by atoms with E-state index in [0.29, 0.717) is 6.42 Å². The SMILES string of the molecule is O=C(CCBr)c1ccc2ccccc2c1. The van der Waals surface area contributed by atoms with E-state index in [1.165, 1.54) is 5.39 Å². The molecule has 2 rings (SSSR count). The Morgan fingerprint density at radius 2 is 1.80 bits per heavy atom. The quantitative estimate of drug-likeness (QED) is 0.608. The van der Waals surface area contributed by atoms with Gasteiger partial charge in [-0.05, 0) is 16.8 Å². The zero-order valence-corrected chi connectivity index (χ0v) is 9.83. The van der Waals surface area contributed by atoms with E-state index in [2.05, 4.69) is 15.9 Å². The Bertz CT molecular complexity index is 491. The molecule has 0 unspecified atom stereocenters. The average molecular weight is 263 g/mol. The van der Waals surface area contributed by atoms with Crippen molar-refractivity contribution in [2.24, 2.45) is 0 Å². The summed E-state index contributed by atoms with van der Waals surface area (Å²) in [5, 5.41) is 3.02. The van der Waals surface area contributed by atoms with E-state index in [9.17, 15) is 4.79 Å². The van der Waals surface area contributed by atoms with Crippen LogP contribution in [0.5, 0.6) is 0 Å². The topological polar surface area (TPSA) is 17.1 Å². The molecule has 0 saturated carbocycles. The number of rotatable bonds is 3. The van der Waals surface area contributed by atoms with E-state index >= 15 is 0 Å². The highest BCUT2D eigenvalue weighted by molar-refractivity contribution is 9.09. The number of halogens is 1. The Labute approximate surface area is 97.2 Å². The van der Waals surface area contributed by atoms with Gasteiger partial charge in [0.15, 0.2) is 5.78 Å². The molecule has 15 heavy (non-hydrogen) atoms. The molecule has 76 valence electrons. The molecular formula is C13H11BrO. The Morgan fingerprint density at radius 1 is 1.07 bits per heavy atom. The fourth-order valence-electron chi connectivity index (χ4n) is 1.59. The monoisotopic (exact) mass is 262 g/mol. The van der Waals surface area contributed by atoms with Crippen molar-refractivity contribution in [1.29, 1.82) is 0 Å². The Hall–Kier alpha value is -1.15. The van der Waals surface area contributed by atoms with E-state index in [0.717, 1.165) is 16.3 Å². The Balaban J connectivity index is 2.42. The van der Waals surface area contributed by atoms with Crippen molar-refractivity contribution < 1.29 is 4.79 Å². The van der Waals surface area contributed by atoms with Crippen LogP contribution in [0.3, 0.4) is 0 Å². The second-order valence-corrected chi connectivity index (χ2v) is 4.22. The van der Waals surface area contributed by atoms with Gasteiger partial charge in [-0.2, -0.15) is 0 Å². The first-order valence-electron chi connectivity index (χ1n) is 4.89. The Kier molecular flexibility index (Phi) is 3.17. The summed E-state index contributed by atoms with van der Waals surface area (Å²) in [5.41, 5.74) is 0.799. The predicted octanol–water partition coefficient (Wildman–Crippen LogP) is 3.81. The summed E-state index contributed by atoms with van der Waals surface area (Å²) in [7, 11) is 0. The van der Waals surface area contributed by atoms with Gasteiger partial charge in [0, 0.05) is 17.3 Å². The highest BCUT2D eigenvalue weighted by Crippen LogP contribution is 2.16. The van der Waals surface area contributed by atoms with Crippen LogP contribution in [0.25, 0.3) is 10.8 Å². The molecule has 1 nitrogen and oxygen atoms in total. The number of Topliss-reactive ketones (excluding diaryl/α,β-unsaturated/α-hetero) is 1. The van der Waals surface area contributed by atoms with Crippen molar-refractivity contribution in [3.05, 3.63) is 48.0 Å². The summed E-state index contributed by atoms with van der Waals surface area (Å²) < 4.78 is 0. The fourth-order valence-corrected chi connectivity index (χ4v) is 1.95. The van der Waals surface area contributed by atoms with E-state index in [1.807, 2.05) is 42.5 Å². The van der Waals surface area contributed by atoms with Crippen LogP contribution in [0.4, 0.5) is 0 Å². The number of carbonyl (C=O) groups excluding carboxylic acids is 1. The molecule has 0 aromatic heterocycles. The van der Waals surface area contributed by atoms with Gasteiger partial charge in [-0.3, -0.25) is 4.79 Å². The van der Waals surface area contributed by atoms with Gasteiger partial charge in [-0.15, -0.1) is 0 Å². The first kappa shape index (κ1) is 10.4. The van der Waals surface area contributed by atoms with Gasteiger partial charge in [-0.25, -0.2) is 0 Å². The van der Waals surface area contributed by atoms with Crippen molar-refractivity contribution in [2.75, 3.05) is 5.33 Å². The van der Waals surface area contributed by atoms with Crippen molar-refractivity contribution in [3.8, 4) is 0 Å². The van der Waals surface area contributed by atoms with Gasteiger partial charge in [0.2, 0.25) is 0 Å². The maximum absolute atomic E-state index is 11.7. The molecular weight excluding hydrogens is 252 g/mol. The van der Waals surface area contributed by atoms with E-state index in [4.69, 9.17) is 0 Å². The van der Waals surface area contributed by atoms with Gasteiger partial charge >= 0.3 is 0 Å². The summed E-state index contributed by atoms with van der Waals surface area (Å²) in [6.45, 7) is 0. The zero-order valence-electron chi connectivity index (χ0n) is 8.24. The molecule has 0 heterocycles. The van der Waals surface area contributed by atoms with Gasteiger partial charge in [0.25, 0.3) is 0 Å². The van der Waals surface area contributed by atoms with Crippen LogP contribution in [0, 0.1) is 0 Å². The molecule has 0 amide bonds. The minimum Gasteiger partial charge on any atom is -0.294 e. The molecule has 0 fully saturated rings. The number of benzene rings is 2. The lowest BCUT2D eigenvalue weighted by atomic mass is 10.0. The molecule has 0 bridgehead atoms. The molecule has 0 radical (unpaired) electrons. The van der Waals surface area contributed by atoms with Crippen molar-refractivity contribution in [1.82, 2.24) is 0 Å². The van der Waals surface area contributed by atoms with Gasteiger partial charge < -0.3 is 0 Å². The summed E-state index contributed by atoms with van der Waals surface area (Å²) >= 11 is 3.28. The number of carbonyl (C=O) groups is 1. The lowest BCUT2D eigenvalue weighted by Crippen LogP contribution is -1.98. The van der Waals surface area contributed by atoms with Crippen LogP contribution in [0.15, 0.2) is 42.5 Å². The van der Waals surface area contributed by atoms with Crippen LogP contribution >= 0.6 is 15.9 Å². The summed E-state index contributed by atoms with van der Waals surface area (Å²) in [6.07, 6.45) is 0.554. The lowest BCUT2D eigenvalue weighted by Gasteiger charge is -2.01. The second kappa shape index (κ2) is 4.58. The number of hydrogen-bond donors (Lipinski definition) is 0. The average Bonchev–Trinajstić information content (AvgIpc) is 2.29. The minimum absolute atomic E-state index is 0.192. The van der Waals surface area contributed by atoms with Crippen molar-refractivity contribution >= 4 is 32.5 Å². The first-order valence-corrected chi connectivity index (χ1v) is 6.01. The Morgan fingerprint density at radius 3 is 2.53 bits per heavy atom. The normalized spacial score (nSPS) is 10.5. The zero-order chi connectivity index (χ0) is 10.7. The number of fused-ring (bicyclic) bond motifs is 1. The highest BCUT2D eigenvalue weighted by atomic mass is 79.9. The highest BCUT2D eigenvalue weighted by Gasteiger charge is 2.04. The third-order valence-corrected chi connectivity index (χ3v) is 2.79. The summed E-state index contributed by atoms with van der Waals surface area (Å²) in [4.78, 5) is 11.7. The van der Waals surface area contributed by atoms with Crippen LogP contribution in [0.1, 0.15) is 16.8 Å². The largest absolute Gasteiger partial charge is 0.294 e. The maximum atomic E-state index is 11.7. The second-order valence-electron chi connectivity index (χ2n) is 3.42. The molecule has 0 aliphatic carbocycles. The third-order valence-electron chi connectivity index (χ3n) is 2.39. The van der Waals surface area contributed by atoms with Crippen LogP contribution in [-0.4, -0.2) is 11.1 Å². The molecule has 0 atom stereocenters. The van der Waals surface area contributed by atoms with Gasteiger partial charge in [0.05, 0.1) is 0 Å². The molecule has 2 aromatic rings. The predicted molar refractivity (Wildman–Crippen MR) is 66.7 cm³/mol. The van der Waals surface area contributed by atoms with E-state index in [-0.39, 0.29) is 5.78 Å². The molecule has 2 heteroatoms. The molecule has 2 aromatic carbocycles. The standard InChI is InChI=1S/C13H11BrO/c14-8-7-13(15)12-6-5-10-3-1-2-4-11(10)9-12/h1-6,9H,7-8H2. The van der Waals surface area contributed by atoms with E-state index < -0.39 is 0 Å². The number of hydrogen-bond acceptors (Lipinski definition) is 1. The smallest absolute Gasteiger partial charge is 0.163 e. The first-order chi connectivity index (χ1) is 7.31. The van der Waals surface area contributed by atoms with Crippen LogP contribution in [-0.2, 0) is 0 Å². The minimum atomic E-state index is 0.192. The maximum Gasteiger partial charge on any atom is 0.163 e. The van der Waals surface area contributed by atoms with Crippen molar-refractivity contribution in [3.63, 3.8) is 0 Å². The van der Waals surface area contributed by atoms with Crippen LogP contribution in [0.2, 0.25) is 0 Å². The van der Waals surface area contributed by atoms with Gasteiger partial charge in [0.1, 0.15) is 0 Å². The molecule has 0 saturated heterocycles. The summed E-state index contributed by atoms with van der Waals surface area (Å²) in [6, 6.07) is 13.9. The molecule has 0 aliphatic heterocycles. The number of ketones is 1. The van der Waals surface area contributed by atoms with E-state index in [1.54, 1.807) is 0 Å². The van der Waals surface area contributed by atoms with Crippen molar-refractivity contribution in [2.45, 2.75) is 6.42 Å². The molecule has 0 N–H and O–H groups in total. The molecule has 0 spiro atoms. The number of alkyl halides is 1. The fraction of sp³-hybridized carbons (Fsp3) is 0.154. The van der Waals surface area contributed by atoms with Gasteiger partial charge in [-0.1, -0.05) is 52.3 Å². The summed E-state index contributed by atoms with van der Waals surface area (Å²) in [5.74, 6) is 0.192. The van der Waals surface area contributed by atoms with Crippen LogP contribution < -0.4 is 0 Å². The lowest BCUT2D eigenvalue weighted by molar-refractivity contribution is 0.0990. The molecule has 0 aliphatic rings.